The van der Waals surface area contributed by atoms with Crippen LogP contribution in [0.1, 0.15) is 17.4 Å². The highest BCUT2D eigenvalue weighted by atomic mass is 19.1. The van der Waals surface area contributed by atoms with Gasteiger partial charge in [-0.05, 0) is 37.7 Å². The molecule has 3 aromatic rings. The summed E-state index contributed by atoms with van der Waals surface area (Å²) >= 11 is 0. The summed E-state index contributed by atoms with van der Waals surface area (Å²) in [6.07, 6.45) is 0. The van der Waals surface area contributed by atoms with E-state index in [0.717, 1.165) is 0 Å². The van der Waals surface area contributed by atoms with Gasteiger partial charge in [0.1, 0.15) is 17.6 Å². The van der Waals surface area contributed by atoms with E-state index in [2.05, 4.69) is 15.8 Å². The smallest absolute Gasteiger partial charge is 0.247 e. The van der Waals surface area contributed by atoms with Gasteiger partial charge in [-0.25, -0.2) is 4.39 Å². The molecule has 0 bridgehead atoms. The molecule has 0 saturated heterocycles. The van der Waals surface area contributed by atoms with Crippen LogP contribution >= 0.6 is 0 Å². The quantitative estimate of drug-likeness (QED) is 0.639. The Morgan fingerprint density at radius 3 is 2.52 bits per heavy atom. The van der Waals surface area contributed by atoms with E-state index < -0.39 is 11.9 Å². The Morgan fingerprint density at radius 1 is 1.10 bits per heavy atom. The third-order valence-corrected chi connectivity index (χ3v) is 4.19. The molecule has 29 heavy (non-hydrogen) atoms. The van der Waals surface area contributed by atoms with E-state index in [1.165, 1.54) is 18.2 Å². The maximum atomic E-state index is 13.3. The van der Waals surface area contributed by atoms with E-state index in [-0.39, 0.29) is 18.4 Å². The van der Waals surface area contributed by atoms with E-state index in [0.29, 0.717) is 22.8 Å². The zero-order valence-corrected chi connectivity index (χ0v) is 16.1. The Kier molecular flexibility index (Phi) is 6.36. The van der Waals surface area contributed by atoms with Crippen LogP contribution in [0.2, 0.25) is 0 Å². The molecule has 0 saturated carbocycles. The minimum absolute atomic E-state index is 0.0820. The van der Waals surface area contributed by atoms with Gasteiger partial charge in [-0.1, -0.05) is 41.6 Å². The number of likely N-dealkylation sites (N-methyl/N-ethyl adjacent to an activating group) is 1. The molecular weight excluding hydrogens is 375 g/mol. The van der Waals surface area contributed by atoms with Gasteiger partial charge >= 0.3 is 0 Å². The van der Waals surface area contributed by atoms with E-state index in [9.17, 15) is 14.0 Å². The molecule has 0 radical (unpaired) electrons. The van der Waals surface area contributed by atoms with Crippen molar-refractivity contribution in [3.8, 4) is 0 Å². The van der Waals surface area contributed by atoms with Crippen molar-refractivity contribution in [3.05, 3.63) is 77.8 Å². The fourth-order valence-corrected chi connectivity index (χ4v) is 2.95. The Hall–Kier alpha value is -3.52. The van der Waals surface area contributed by atoms with Gasteiger partial charge in [-0.3, -0.25) is 14.5 Å². The second kappa shape index (κ2) is 9.11. The number of carbonyl (C=O) groups excluding carboxylic acids is 2. The van der Waals surface area contributed by atoms with Gasteiger partial charge < -0.3 is 15.2 Å². The van der Waals surface area contributed by atoms with Crippen LogP contribution in [0.5, 0.6) is 0 Å². The molecule has 0 aliphatic carbocycles. The van der Waals surface area contributed by atoms with Crippen molar-refractivity contribution in [1.82, 2.24) is 10.1 Å². The second-order valence-electron chi connectivity index (χ2n) is 6.60. The number of hydrogen-bond donors (Lipinski definition) is 2. The lowest BCUT2D eigenvalue weighted by atomic mass is 10.0. The largest absolute Gasteiger partial charge is 0.360 e. The van der Waals surface area contributed by atoms with E-state index in [1.54, 1.807) is 43.1 Å². The maximum absolute atomic E-state index is 13.3. The third kappa shape index (κ3) is 5.49. The number of carbonyl (C=O) groups is 2. The Labute approximate surface area is 167 Å². The first-order valence-electron chi connectivity index (χ1n) is 8.97. The predicted octanol–water partition coefficient (Wildman–Crippen LogP) is 3.37. The normalized spacial score (nSPS) is 11.9. The zero-order chi connectivity index (χ0) is 20.8. The van der Waals surface area contributed by atoms with Crippen molar-refractivity contribution in [3.63, 3.8) is 0 Å². The summed E-state index contributed by atoms with van der Waals surface area (Å²) in [7, 11) is 1.66. The molecule has 2 N–H and O–H groups in total. The summed E-state index contributed by atoms with van der Waals surface area (Å²) in [5.74, 6) is -0.305. The summed E-state index contributed by atoms with van der Waals surface area (Å²) in [5.41, 5.74) is 1.06. The Morgan fingerprint density at radius 2 is 1.86 bits per heavy atom. The number of nitrogens with zero attached hydrogens (tertiary/aromatic N) is 2. The van der Waals surface area contributed by atoms with Gasteiger partial charge in [0, 0.05) is 11.8 Å². The number of aromatic nitrogens is 1. The molecule has 0 fully saturated rings. The van der Waals surface area contributed by atoms with Crippen LogP contribution in [0.3, 0.4) is 0 Å². The van der Waals surface area contributed by atoms with Crippen molar-refractivity contribution in [1.29, 1.82) is 0 Å². The van der Waals surface area contributed by atoms with Gasteiger partial charge in [0.05, 0.1) is 6.54 Å². The zero-order valence-electron chi connectivity index (χ0n) is 16.1. The van der Waals surface area contributed by atoms with E-state index in [4.69, 9.17) is 4.52 Å². The average molecular weight is 396 g/mol. The summed E-state index contributed by atoms with van der Waals surface area (Å²) in [5, 5.41) is 9.11. The topological polar surface area (TPSA) is 87.5 Å². The molecule has 0 spiro atoms. The molecule has 1 heterocycles. The van der Waals surface area contributed by atoms with Gasteiger partial charge in [-0.2, -0.15) is 0 Å². The van der Waals surface area contributed by atoms with Gasteiger partial charge in [0.25, 0.3) is 0 Å². The minimum Gasteiger partial charge on any atom is -0.360 e. The molecule has 7 nitrogen and oxygen atoms in total. The van der Waals surface area contributed by atoms with Crippen LogP contribution in [0.4, 0.5) is 15.9 Å². The van der Waals surface area contributed by atoms with Gasteiger partial charge in [-0.15, -0.1) is 0 Å². The number of rotatable bonds is 7. The molecule has 150 valence electrons. The van der Waals surface area contributed by atoms with Crippen molar-refractivity contribution < 1.29 is 18.5 Å². The first kappa shape index (κ1) is 20.2. The minimum atomic E-state index is -0.744. The Bertz CT molecular complexity index is 990. The molecule has 8 heteroatoms. The molecule has 3 rings (SSSR count). The van der Waals surface area contributed by atoms with Crippen LogP contribution in [0.25, 0.3) is 0 Å². The molecular formula is C21H21FN4O3. The first-order chi connectivity index (χ1) is 13.9. The number of amides is 2. The van der Waals surface area contributed by atoms with Crippen LogP contribution < -0.4 is 10.6 Å². The third-order valence-electron chi connectivity index (χ3n) is 4.19. The van der Waals surface area contributed by atoms with Crippen molar-refractivity contribution >= 4 is 23.3 Å². The second-order valence-corrected chi connectivity index (χ2v) is 6.60. The summed E-state index contributed by atoms with van der Waals surface area (Å²) in [6, 6.07) is 15.6. The standard InChI is InChI=1S/C21H21FN4O3/c1-14-11-18(25-29-14)24-21(28)20(15-7-4-3-5-8-15)26(2)13-19(27)23-17-10-6-9-16(22)12-17/h3-12,20H,13H2,1-2H3,(H,23,27)(H,24,25,28)/t20-/m1/s1. The lowest BCUT2D eigenvalue weighted by Gasteiger charge is -2.26. The average Bonchev–Trinajstić information content (AvgIpc) is 3.07. The molecule has 1 atom stereocenters. The molecule has 0 unspecified atom stereocenters. The van der Waals surface area contributed by atoms with Crippen LogP contribution in [-0.2, 0) is 9.59 Å². The number of aryl methyl sites for hydroxylation is 1. The van der Waals surface area contributed by atoms with Crippen LogP contribution in [0.15, 0.2) is 65.2 Å². The fraction of sp³-hybridized carbons (Fsp3) is 0.190. The lowest BCUT2D eigenvalue weighted by molar-refractivity contribution is -0.123. The molecule has 0 aliphatic heterocycles. The van der Waals surface area contributed by atoms with Crippen LogP contribution in [0, 0.1) is 12.7 Å². The van der Waals surface area contributed by atoms with Gasteiger partial charge in [0.15, 0.2) is 5.82 Å². The van der Waals surface area contributed by atoms with E-state index >= 15 is 0 Å². The van der Waals surface area contributed by atoms with Gasteiger partial charge in [0.2, 0.25) is 11.8 Å². The molecule has 1 aromatic heterocycles. The molecule has 2 amide bonds. The number of benzene rings is 2. The lowest BCUT2D eigenvalue weighted by Crippen LogP contribution is -2.39. The summed E-state index contributed by atoms with van der Waals surface area (Å²) in [6.45, 7) is 1.64. The number of nitrogens with one attached hydrogen (secondary N) is 2. The summed E-state index contributed by atoms with van der Waals surface area (Å²) in [4.78, 5) is 27.0. The number of anilines is 2. The van der Waals surface area contributed by atoms with Crippen LogP contribution in [-0.4, -0.2) is 35.5 Å². The summed E-state index contributed by atoms with van der Waals surface area (Å²) < 4.78 is 18.3. The first-order valence-corrected chi connectivity index (χ1v) is 8.97. The van der Waals surface area contributed by atoms with Crippen molar-refractivity contribution in [2.24, 2.45) is 0 Å². The van der Waals surface area contributed by atoms with E-state index in [1.807, 2.05) is 18.2 Å². The SMILES string of the molecule is Cc1cc(NC(=O)[C@@H](c2ccccc2)N(C)CC(=O)Nc2cccc(F)c2)no1. The maximum Gasteiger partial charge on any atom is 0.247 e. The highest BCUT2D eigenvalue weighted by molar-refractivity contribution is 5.96. The highest BCUT2D eigenvalue weighted by Crippen LogP contribution is 2.22. The monoisotopic (exact) mass is 396 g/mol. The van der Waals surface area contributed by atoms with Crippen molar-refractivity contribution in [2.75, 3.05) is 24.2 Å². The molecule has 0 aliphatic rings. The highest BCUT2D eigenvalue weighted by Gasteiger charge is 2.27. The molecule has 2 aromatic carbocycles. The number of halogens is 1. The Balaban J connectivity index is 1.74. The number of hydrogen-bond acceptors (Lipinski definition) is 5. The predicted molar refractivity (Wildman–Crippen MR) is 107 cm³/mol. The van der Waals surface area contributed by atoms with Crippen molar-refractivity contribution in [2.45, 2.75) is 13.0 Å². The fourth-order valence-electron chi connectivity index (χ4n) is 2.95.